The molecule has 0 spiro atoms. The third-order valence-corrected chi connectivity index (χ3v) is 3.75. The molecule has 0 amide bonds. The highest BCUT2D eigenvalue weighted by Crippen LogP contribution is 2.24. The van der Waals surface area contributed by atoms with Crippen LogP contribution in [0.2, 0.25) is 5.02 Å². The van der Waals surface area contributed by atoms with E-state index >= 15 is 0 Å². The van der Waals surface area contributed by atoms with E-state index in [1.807, 2.05) is 29.9 Å². The predicted molar refractivity (Wildman–Crippen MR) is 70.3 cm³/mol. The summed E-state index contributed by atoms with van der Waals surface area (Å²) < 4.78 is 1.93. The van der Waals surface area contributed by atoms with Crippen molar-refractivity contribution < 1.29 is 5.11 Å². The van der Waals surface area contributed by atoms with Crippen molar-refractivity contribution >= 4 is 23.4 Å². The van der Waals surface area contributed by atoms with E-state index in [9.17, 15) is 5.11 Å². The zero-order valence-electron chi connectivity index (χ0n) is 9.38. The van der Waals surface area contributed by atoms with Gasteiger partial charge in [0.2, 0.25) is 0 Å². The minimum atomic E-state index is -0.532. The van der Waals surface area contributed by atoms with Gasteiger partial charge in [0.15, 0.2) is 5.16 Å². The molecule has 0 bridgehead atoms. The predicted octanol–water partition coefficient (Wildman–Crippen LogP) is 2.90. The topological polar surface area (TPSA) is 38.0 Å². The van der Waals surface area contributed by atoms with E-state index in [1.54, 1.807) is 18.3 Å². The number of nitrogens with zero attached hydrogens (tertiary/aromatic N) is 2. The molecule has 0 aliphatic heterocycles. The summed E-state index contributed by atoms with van der Waals surface area (Å²) in [6, 6.07) is 7.29. The van der Waals surface area contributed by atoms with Crippen molar-refractivity contribution in [3.8, 4) is 0 Å². The molecule has 1 atom stereocenters. The minimum Gasteiger partial charge on any atom is -0.388 e. The molecular weight excluding hydrogens is 256 g/mol. The maximum atomic E-state index is 10.0. The summed E-state index contributed by atoms with van der Waals surface area (Å²) in [5.41, 5.74) is 0.833. The molecule has 0 aliphatic carbocycles. The number of thioether (sulfide) groups is 1. The molecule has 1 heterocycles. The summed E-state index contributed by atoms with van der Waals surface area (Å²) in [6.45, 7) is 0. The van der Waals surface area contributed by atoms with E-state index in [-0.39, 0.29) is 0 Å². The zero-order chi connectivity index (χ0) is 12.3. The van der Waals surface area contributed by atoms with Crippen LogP contribution in [-0.2, 0) is 7.05 Å². The van der Waals surface area contributed by atoms with Crippen LogP contribution in [0, 0.1) is 0 Å². The first-order valence-electron chi connectivity index (χ1n) is 5.20. The van der Waals surface area contributed by atoms with E-state index in [1.165, 1.54) is 11.8 Å². The fraction of sp³-hybridized carbons (Fsp3) is 0.250. The average Bonchev–Trinajstić information content (AvgIpc) is 2.72. The van der Waals surface area contributed by atoms with Crippen LogP contribution in [0.5, 0.6) is 0 Å². The second-order valence-electron chi connectivity index (χ2n) is 3.70. The molecule has 17 heavy (non-hydrogen) atoms. The Morgan fingerprint density at radius 1 is 1.53 bits per heavy atom. The van der Waals surface area contributed by atoms with Crippen molar-refractivity contribution in [1.82, 2.24) is 9.55 Å². The van der Waals surface area contributed by atoms with Crippen molar-refractivity contribution in [2.24, 2.45) is 7.05 Å². The lowest BCUT2D eigenvalue weighted by Crippen LogP contribution is -2.01. The minimum absolute atomic E-state index is 0.532. The van der Waals surface area contributed by atoms with Gasteiger partial charge in [-0.1, -0.05) is 35.5 Å². The van der Waals surface area contributed by atoms with Gasteiger partial charge in [0.05, 0.1) is 6.10 Å². The van der Waals surface area contributed by atoms with Crippen molar-refractivity contribution in [3.05, 3.63) is 47.2 Å². The van der Waals surface area contributed by atoms with E-state index in [0.717, 1.165) is 10.7 Å². The Labute approximate surface area is 109 Å². The number of aromatic nitrogens is 2. The van der Waals surface area contributed by atoms with Crippen LogP contribution in [0.1, 0.15) is 11.7 Å². The average molecular weight is 269 g/mol. The second-order valence-corrected chi connectivity index (χ2v) is 5.13. The summed E-state index contributed by atoms with van der Waals surface area (Å²) in [4.78, 5) is 4.19. The van der Waals surface area contributed by atoms with Crippen LogP contribution in [0.3, 0.4) is 0 Å². The van der Waals surface area contributed by atoms with Gasteiger partial charge >= 0.3 is 0 Å². The number of imidazole rings is 1. The van der Waals surface area contributed by atoms with Crippen LogP contribution in [0.4, 0.5) is 0 Å². The number of rotatable bonds is 4. The number of halogens is 1. The smallest absolute Gasteiger partial charge is 0.167 e. The monoisotopic (exact) mass is 268 g/mol. The fourth-order valence-corrected chi connectivity index (χ4v) is 2.55. The number of hydrogen-bond acceptors (Lipinski definition) is 3. The molecule has 0 radical (unpaired) electrons. The molecule has 5 heteroatoms. The van der Waals surface area contributed by atoms with E-state index in [0.29, 0.717) is 10.8 Å². The fourth-order valence-electron chi connectivity index (χ4n) is 1.45. The lowest BCUT2D eigenvalue weighted by Gasteiger charge is -2.10. The summed E-state index contributed by atoms with van der Waals surface area (Å²) in [6.07, 6.45) is 3.10. The number of hydrogen-bond donors (Lipinski definition) is 1. The van der Waals surface area contributed by atoms with Gasteiger partial charge in [-0.05, 0) is 17.7 Å². The third kappa shape index (κ3) is 3.25. The van der Waals surface area contributed by atoms with Crippen molar-refractivity contribution in [1.29, 1.82) is 0 Å². The summed E-state index contributed by atoms with van der Waals surface area (Å²) in [5, 5.41) is 11.6. The van der Waals surface area contributed by atoms with Crippen molar-refractivity contribution in [3.63, 3.8) is 0 Å². The lowest BCUT2D eigenvalue weighted by molar-refractivity contribution is 0.204. The molecule has 0 saturated heterocycles. The second kappa shape index (κ2) is 5.58. The zero-order valence-corrected chi connectivity index (χ0v) is 10.9. The summed E-state index contributed by atoms with van der Waals surface area (Å²) in [7, 11) is 1.93. The molecule has 0 saturated carbocycles. The van der Waals surface area contributed by atoms with Crippen molar-refractivity contribution in [2.45, 2.75) is 11.3 Å². The van der Waals surface area contributed by atoms with Crippen LogP contribution in [0.25, 0.3) is 0 Å². The number of aryl methyl sites for hydroxylation is 1. The van der Waals surface area contributed by atoms with Gasteiger partial charge in [-0.3, -0.25) is 0 Å². The highest BCUT2D eigenvalue weighted by atomic mass is 35.5. The SMILES string of the molecule is Cn1ccnc1SCC(O)c1cccc(Cl)c1. The van der Waals surface area contributed by atoms with Crippen LogP contribution >= 0.6 is 23.4 Å². The maximum absolute atomic E-state index is 10.0. The van der Waals surface area contributed by atoms with E-state index in [4.69, 9.17) is 11.6 Å². The Balaban J connectivity index is 1.98. The molecule has 3 nitrogen and oxygen atoms in total. The lowest BCUT2D eigenvalue weighted by atomic mass is 10.1. The summed E-state index contributed by atoms with van der Waals surface area (Å²) >= 11 is 7.40. The molecule has 1 unspecified atom stereocenters. The molecular formula is C12H13ClN2OS. The Hall–Kier alpha value is -0.970. The Bertz CT molecular complexity index is 501. The maximum Gasteiger partial charge on any atom is 0.167 e. The van der Waals surface area contributed by atoms with Gasteiger partial charge in [-0.25, -0.2) is 4.98 Å². The molecule has 1 aromatic carbocycles. The Kier molecular flexibility index (Phi) is 4.10. The molecule has 90 valence electrons. The van der Waals surface area contributed by atoms with Crippen LogP contribution in [0.15, 0.2) is 41.8 Å². The molecule has 0 fully saturated rings. The first kappa shape index (κ1) is 12.5. The molecule has 1 aromatic heterocycles. The summed E-state index contributed by atoms with van der Waals surface area (Å²) in [5.74, 6) is 0.561. The molecule has 0 aliphatic rings. The number of aliphatic hydroxyl groups is 1. The first-order chi connectivity index (χ1) is 8.16. The quantitative estimate of drug-likeness (QED) is 0.867. The molecule has 2 aromatic rings. The van der Waals surface area contributed by atoms with Crippen molar-refractivity contribution in [2.75, 3.05) is 5.75 Å². The molecule has 1 N–H and O–H groups in total. The van der Waals surface area contributed by atoms with Gasteiger partial charge in [0.1, 0.15) is 0 Å². The highest BCUT2D eigenvalue weighted by molar-refractivity contribution is 7.99. The van der Waals surface area contributed by atoms with E-state index < -0.39 is 6.10 Å². The highest BCUT2D eigenvalue weighted by Gasteiger charge is 2.10. The van der Waals surface area contributed by atoms with Gasteiger partial charge in [0.25, 0.3) is 0 Å². The number of benzene rings is 1. The van der Waals surface area contributed by atoms with E-state index in [2.05, 4.69) is 4.98 Å². The van der Waals surface area contributed by atoms with Crippen LogP contribution in [-0.4, -0.2) is 20.4 Å². The Morgan fingerprint density at radius 2 is 2.35 bits per heavy atom. The van der Waals surface area contributed by atoms with Crippen LogP contribution < -0.4 is 0 Å². The van der Waals surface area contributed by atoms with Gasteiger partial charge in [-0.15, -0.1) is 0 Å². The Morgan fingerprint density at radius 3 is 3.00 bits per heavy atom. The van der Waals surface area contributed by atoms with Gasteiger partial charge in [-0.2, -0.15) is 0 Å². The third-order valence-electron chi connectivity index (χ3n) is 2.38. The standard InChI is InChI=1S/C12H13ClN2OS/c1-15-6-5-14-12(15)17-8-11(16)9-3-2-4-10(13)7-9/h2-7,11,16H,8H2,1H3. The first-order valence-corrected chi connectivity index (χ1v) is 6.57. The normalized spacial score (nSPS) is 12.6. The van der Waals surface area contributed by atoms with Gasteiger partial charge in [0, 0.05) is 30.2 Å². The largest absolute Gasteiger partial charge is 0.388 e. The van der Waals surface area contributed by atoms with Gasteiger partial charge < -0.3 is 9.67 Å². The molecule has 2 rings (SSSR count). The number of aliphatic hydroxyl groups excluding tert-OH is 1.